The summed E-state index contributed by atoms with van der Waals surface area (Å²) < 4.78 is 10.6. The molecule has 12 N–H and O–H groups in total. The molecule has 12 aromatic heterocycles. The molecule has 12 heterocycles. The number of hydrogen-bond acceptors (Lipinski definition) is 18. The van der Waals surface area contributed by atoms with Crippen molar-refractivity contribution in [2.75, 3.05) is 34.4 Å². The zero-order valence-electron chi connectivity index (χ0n) is 55.4. The predicted molar refractivity (Wildman–Crippen MR) is 391 cm³/mol. The highest BCUT2D eigenvalue weighted by Gasteiger charge is 2.16. The van der Waals surface area contributed by atoms with E-state index in [4.69, 9.17) is 34.4 Å². The van der Waals surface area contributed by atoms with Gasteiger partial charge in [-0.05, 0) is 112 Å². The SMILES string of the molecule is Cc1ccc2c(c1)nc(N)c1cn(C)nc12.Cc1ccc2c(c1)nc(N)c1nn(C)cc12.Cc1ccc2nc(N)c3cn(C)nc3c2c1.Cc1ccc2nc(N)c3nn(C)cc3c2c1.Cc1cccc2nc(N)c3cn(C)nc3c12.Cc1cccc2nc(N)c3nn(C)cc3c12. The first-order valence-corrected chi connectivity index (χ1v) is 30.9. The molecule has 24 heteroatoms. The smallest absolute Gasteiger partial charge is 0.152 e. The summed E-state index contributed by atoms with van der Waals surface area (Å²) in [4.78, 5) is 26.3. The Hall–Kier alpha value is -12.6. The summed E-state index contributed by atoms with van der Waals surface area (Å²) in [5, 5.41) is 38.8. The van der Waals surface area contributed by atoms with Crippen molar-refractivity contribution in [2.24, 2.45) is 42.3 Å². The van der Waals surface area contributed by atoms with Crippen LogP contribution in [0.25, 0.3) is 131 Å². The van der Waals surface area contributed by atoms with E-state index < -0.39 is 0 Å². The van der Waals surface area contributed by atoms with Gasteiger partial charge < -0.3 is 34.4 Å². The molecular formula is C72H72N24. The van der Waals surface area contributed by atoms with Gasteiger partial charge in [0.05, 0.1) is 49.3 Å². The monoisotopic (exact) mass is 1270 g/mol. The lowest BCUT2D eigenvalue weighted by Gasteiger charge is -2.03. The van der Waals surface area contributed by atoms with E-state index in [1.54, 1.807) is 28.1 Å². The quantitative estimate of drug-likeness (QED) is 0.0821. The largest absolute Gasteiger partial charge is 0.383 e. The molecule has 0 aliphatic heterocycles. The second-order valence-electron chi connectivity index (χ2n) is 24.4. The Morgan fingerprint density at radius 1 is 0.240 bits per heavy atom. The zero-order chi connectivity index (χ0) is 67.7. The maximum atomic E-state index is 5.92. The molecule has 0 atom stereocenters. The molecule has 96 heavy (non-hydrogen) atoms. The lowest BCUT2D eigenvalue weighted by atomic mass is 10.1. The van der Waals surface area contributed by atoms with Gasteiger partial charge in [0.1, 0.15) is 50.6 Å². The Balaban J connectivity index is 0.000000104. The summed E-state index contributed by atoms with van der Waals surface area (Å²) >= 11 is 0. The molecule has 0 aliphatic rings. The molecule has 24 nitrogen and oxygen atoms in total. The van der Waals surface area contributed by atoms with E-state index in [0.717, 1.165) is 131 Å². The average molecular weight is 1270 g/mol. The van der Waals surface area contributed by atoms with Crippen LogP contribution in [0.4, 0.5) is 34.9 Å². The van der Waals surface area contributed by atoms with Gasteiger partial charge in [-0.2, -0.15) is 30.6 Å². The fourth-order valence-corrected chi connectivity index (χ4v) is 12.3. The average Bonchev–Trinajstić information content (AvgIpc) is 1.58. The summed E-state index contributed by atoms with van der Waals surface area (Å²) in [5.41, 5.74) is 53.2. The molecule has 0 fully saturated rings. The second kappa shape index (κ2) is 24.5. The number of fused-ring (bicyclic) bond motifs is 18. The number of rotatable bonds is 0. The Kier molecular flexibility index (Phi) is 15.9. The minimum atomic E-state index is 0.493. The molecule has 0 radical (unpaired) electrons. The summed E-state index contributed by atoms with van der Waals surface area (Å²) in [6.07, 6.45) is 11.7. The summed E-state index contributed by atoms with van der Waals surface area (Å²) in [5.74, 6) is 3.11. The first-order chi connectivity index (χ1) is 45.9. The van der Waals surface area contributed by atoms with Crippen molar-refractivity contribution in [2.45, 2.75) is 41.5 Å². The van der Waals surface area contributed by atoms with Crippen LogP contribution in [0, 0.1) is 41.5 Å². The third kappa shape index (κ3) is 11.8. The molecule has 18 aromatic rings. The molecule has 18 rings (SSSR count). The van der Waals surface area contributed by atoms with E-state index in [-0.39, 0.29) is 0 Å². The van der Waals surface area contributed by atoms with Crippen molar-refractivity contribution in [3.05, 3.63) is 180 Å². The van der Waals surface area contributed by atoms with Crippen molar-refractivity contribution in [1.82, 2.24) is 88.6 Å². The van der Waals surface area contributed by atoms with E-state index in [1.165, 1.54) is 33.4 Å². The number of pyridine rings is 6. The Labute approximate surface area is 549 Å². The molecule has 0 bridgehead atoms. The van der Waals surface area contributed by atoms with Gasteiger partial charge >= 0.3 is 0 Å². The number of nitrogens with zero attached hydrogens (tertiary/aromatic N) is 18. The number of aryl methyl sites for hydroxylation is 12. The van der Waals surface area contributed by atoms with E-state index in [0.29, 0.717) is 34.9 Å². The fraction of sp³-hybridized carbons (Fsp3) is 0.167. The molecule has 0 spiro atoms. The summed E-state index contributed by atoms with van der Waals surface area (Å²) in [6.45, 7) is 12.4. The van der Waals surface area contributed by atoms with Crippen LogP contribution >= 0.6 is 0 Å². The maximum Gasteiger partial charge on any atom is 0.152 e. The molecule has 0 unspecified atom stereocenters. The number of nitrogen functional groups attached to an aromatic ring is 6. The van der Waals surface area contributed by atoms with Crippen molar-refractivity contribution < 1.29 is 0 Å². The predicted octanol–water partition coefficient (Wildman–Crippen LogP) is 12.1. The molecule has 6 aromatic carbocycles. The molecule has 0 saturated carbocycles. The first kappa shape index (κ1) is 62.2. The first-order valence-electron chi connectivity index (χ1n) is 30.9. The Morgan fingerprint density at radius 3 is 1.10 bits per heavy atom. The number of anilines is 6. The van der Waals surface area contributed by atoms with E-state index in [9.17, 15) is 0 Å². The third-order valence-electron chi connectivity index (χ3n) is 16.7. The topological polar surface area (TPSA) is 340 Å². The zero-order valence-corrected chi connectivity index (χ0v) is 55.4. The van der Waals surface area contributed by atoms with Crippen molar-refractivity contribution in [1.29, 1.82) is 0 Å². The standard InChI is InChI=1S/6C12H12N4/c1-7-3-4-10-8(5-7)11-9(12(13)14-10)6-16(2)15-11;1-7-3-4-10-8(5-7)9-6-16(2)15-11(9)12(13)14-10;1-7-3-4-8-10(5-7)14-12(13)9-6-16(2)15-11(8)9;1-7-3-4-8-9-6-16(2)15-11(9)12(13)14-10(8)5-7;1-7-4-3-5-9-10(7)11-8(12(13)14-9)6-16(2)15-11;1-7-4-3-5-9-10(7)8-6-16(2)15-11(8)12(13)14-9/h6*3-6H,1-2H3,(H2,13,14). The number of hydrogen-bond donors (Lipinski definition) is 6. The van der Waals surface area contributed by atoms with Crippen molar-refractivity contribution >= 4 is 166 Å². The van der Waals surface area contributed by atoms with Gasteiger partial charge in [0.2, 0.25) is 0 Å². The number of aromatic nitrogens is 18. The third-order valence-corrected chi connectivity index (χ3v) is 16.7. The van der Waals surface area contributed by atoms with Crippen LogP contribution in [0.3, 0.4) is 0 Å². The van der Waals surface area contributed by atoms with Crippen molar-refractivity contribution in [3.8, 4) is 0 Å². The number of nitrogens with two attached hydrogens (primary N) is 6. The molecule has 0 amide bonds. The van der Waals surface area contributed by atoms with Gasteiger partial charge in [0.15, 0.2) is 17.5 Å². The minimum absolute atomic E-state index is 0.493. The van der Waals surface area contributed by atoms with Crippen LogP contribution < -0.4 is 34.4 Å². The van der Waals surface area contributed by atoms with Gasteiger partial charge in [-0.1, -0.05) is 71.8 Å². The molecule has 0 aliphatic carbocycles. The minimum Gasteiger partial charge on any atom is -0.383 e. The summed E-state index contributed by atoms with van der Waals surface area (Å²) in [6, 6.07) is 36.6. The van der Waals surface area contributed by atoms with Crippen LogP contribution in [0.2, 0.25) is 0 Å². The normalized spacial score (nSPS) is 11.4. The van der Waals surface area contributed by atoms with Gasteiger partial charge in [-0.25, -0.2) is 29.9 Å². The highest BCUT2D eigenvalue weighted by atomic mass is 15.3. The number of benzene rings is 6. The lowest BCUT2D eigenvalue weighted by Crippen LogP contribution is -1.94. The van der Waals surface area contributed by atoms with Crippen molar-refractivity contribution in [3.63, 3.8) is 0 Å². The van der Waals surface area contributed by atoms with E-state index in [2.05, 4.69) is 131 Å². The van der Waals surface area contributed by atoms with Crippen LogP contribution in [0.5, 0.6) is 0 Å². The molecule has 480 valence electrons. The Bertz CT molecular complexity index is 5710. The summed E-state index contributed by atoms with van der Waals surface area (Å²) in [7, 11) is 11.3. The lowest BCUT2D eigenvalue weighted by molar-refractivity contribution is 0.779. The molecule has 0 saturated heterocycles. The van der Waals surface area contributed by atoms with E-state index >= 15 is 0 Å². The van der Waals surface area contributed by atoms with Crippen LogP contribution in [-0.4, -0.2) is 88.6 Å². The van der Waals surface area contributed by atoms with Gasteiger partial charge in [-0.3, -0.25) is 28.1 Å². The maximum absolute atomic E-state index is 5.92. The van der Waals surface area contributed by atoms with Gasteiger partial charge in [-0.15, -0.1) is 0 Å². The van der Waals surface area contributed by atoms with Crippen LogP contribution in [0.1, 0.15) is 33.4 Å². The Morgan fingerprint density at radius 2 is 0.562 bits per heavy atom. The van der Waals surface area contributed by atoms with E-state index in [1.807, 2.05) is 160 Å². The molecular weight excluding hydrogens is 1200 g/mol. The fourth-order valence-electron chi connectivity index (χ4n) is 12.3. The van der Waals surface area contributed by atoms with Crippen LogP contribution in [0.15, 0.2) is 146 Å². The van der Waals surface area contributed by atoms with Gasteiger partial charge in [0, 0.05) is 128 Å². The highest BCUT2D eigenvalue weighted by molar-refractivity contribution is 6.13. The second-order valence-corrected chi connectivity index (χ2v) is 24.4. The highest BCUT2D eigenvalue weighted by Crippen LogP contribution is 2.34. The van der Waals surface area contributed by atoms with Gasteiger partial charge in [0.25, 0.3) is 0 Å². The van der Waals surface area contributed by atoms with Crippen LogP contribution in [-0.2, 0) is 42.3 Å².